The monoisotopic (exact) mass is 304 g/mol. The number of fused-ring (bicyclic) bond motifs is 1. The zero-order chi connectivity index (χ0) is 16.1. The molecule has 0 saturated heterocycles. The number of aliphatic carboxylic acids is 1. The first-order valence-corrected chi connectivity index (χ1v) is 6.68. The van der Waals surface area contributed by atoms with E-state index in [1.54, 1.807) is 10.6 Å². The summed E-state index contributed by atoms with van der Waals surface area (Å²) in [5, 5.41) is 13.2. The van der Waals surface area contributed by atoms with Crippen LogP contribution in [0.3, 0.4) is 0 Å². The Morgan fingerprint density at radius 1 is 1.23 bits per heavy atom. The van der Waals surface area contributed by atoms with Crippen LogP contribution in [-0.4, -0.2) is 45.4 Å². The summed E-state index contributed by atoms with van der Waals surface area (Å²) in [4.78, 5) is 37.7. The second-order valence-electron chi connectivity index (χ2n) is 4.77. The average Bonchev–Trinajstić information content (AvgIpc) is 2.88. The first-order valence-electron chi connectivity index (χ1n) is 6.68. The molecule has 2 aromatic rings. The fourth-order valence-corrected chi connectivity index (χ4v) is 1.86. The van der Waals surface area contributed by atoms with E-state index in [0.717, 1.165) is 5.56 Å². The summed E-state index contributed by atoms with van der Waals surface area (Å²) in [6.07, 6.45) is 3.48. The lowest BCUT2D eigenvalue weighted by atomic mass is 10.3. The summed E-state index contributed by atoms with van der Waals surface area (Å²) in [5.74, 6) is -1.93. The van der Waals surface area contributed by atoms with Gasteiger partial charge in [0.1, 0.15) is 17.9 Å². The van der Waals surface area contributed by atoms with Gasteiger partial charge in [-0.15, -0.1) is 0 Å². The summed E-state index contributed by atoms with van der Waals surface area (Å²) < 4.78 is 1.75. The number of aromatic nitrogens is 2. The molecule has 0 saturated carbocycles. The zero-order valence-electron chi connectivity index (χ0n) is 12.0. The van der Waals surface area contributed by atoms with Gasteiger partial charge in [0.15, 0.2) is 0 Å². The second-order valence-corrected chi connectivity index (χ2v) is 4.77. The van der Waals surface area contributed by atoms with Crippen LogP contribution in [0.15, 0.2) is 24.5 Å². The molecule has 8 nitrogen and oxygen atoms in total. The Morgan fingerprint density at radius 3 is 2.73 bits per heavy atom. The highest BCUT2D eigenvalue weighted by molar-refractivity contribution is 5.93. The van der Waals surface area contributed by atoms with Crippen LogP contribution >= 0.6 is 0 Å². The van der Waals surface area contributed by atoms with E-state index in [1.807, 2.05) is 25.3 Å². The molecule has 116 valence electrons. The molecule has 0 aliphatic rings. The first kappa shape index (κ1) is 15.5. The molecule has 0 unspecified atom stereocenters. The number of carbonyl (C=O) groups is 3. The zero-order valence-corrected chi connectivity index (χ0v) is 12.0. The molecule has 3 N–H and O–H groups in total. The molecule has 2 amide bonds. The van der Waals surface area contributed by atoms with Gasteiger partial charge in [-0.05, 0) is 18.6 Å². The third kappa shape index (κ3) is 4.05. The van der Waals surface area contributed by atoms with Crippen LogP contribution in [0.2, 0.25) is 0 Å². The largest absolute Gasteiger partial charge is 0.480 e. The van der Waals surface area contributed by atoms with E-state index < -0.39 is 18.4 Å². The molecule has 8 heteroatoms. The van der Waals surface area contributed by atoms with Crippen LogP contribution < -0.4 is 10.6 Å². The Bertz CT molecular complexity index is 723. The van der Waals surface area contributed by atoms with Crippen LogP contribution in [0.4, 0.5) is 0 Å². The van der Waals surface area contributed by atoms with Crippen molar-refractivity contribution < 1.29 is 19.5 Å². The molecule has 0 fully saturated rings. The number of carboxylic acids is 1. The van der Waals surface area contributed by atoms with E-state index in [0.29, 0.717) is 5.65 Å². The molecule has 0 aromatic carbocycles. The molecule has 22 heavy (non-hydrogen) atoms. The molecule has 0 spiro atoms. The predicted molar refractivity (Wildman–Crippen MR) is 77.5 cm³/mol. The fraction of sp³-hybridized carbons (Fsp3) is 0.286. The predicted octanol–water partition coefficient (Wildman–Crippen LogP) is -0.0366. The maximum atomic E-state index is 11.9. The molecule has 0 aliphatic carbocycles. The third-order valence-electron chi connectivity index (χ3n) is 2.91. The van der Waals surface area contributed by atoms with Crippen molar-refractivity contribution in [3.63, 3.8) is 0 Å². The number of rotatable bonds is 6. The van der Waals surface area contributed by atoms with Crippen molar-refractivity contribution in [3.05, 3.63) is 35.8 Å². The molecule has 2 aromatic heterocycles. The maximum absolute atomic E-state index is 11.9. The number of imidazole rings is 1. The summed E-state index contributed by atoms with van der Waals surface area (Å²) in [6.45, 7) is 1.62. The number of aryl methyl sites for hydroxylation is 1. The first-order chi connectivity index (χ1) is 10.5. The summed E-state index contributed by atoms with van der Waals surface area (Å²) in [6, 6.07) is 3.71. The van der Waals surface area contributed by atoms with Gasteiger partial charge < -0.3 is 20.1 Å². The summed E-state index contributed by atoms with van der Waals surface area (Å²) >= 11 is 0. The van der Waals surface area contributed by atoms with Gasteiger partial charge in [-0.2, -0.15) is 0 Å². The number of pyridine rings is 1. The Morgan fingerprint density at radius 2 is 2.00 bits per heavy atom. The second kappa shape index (κ2) is 6.70. The van der Waals surface area contributed by atoms with Crippen molar-refractivity contribution >= 4 is 23.4 Å². The minimum atomic E-state index is -1.11. The molecule has 0 radical (unpaired) electrons. The van der Waals surface area contributed by atoms with Crippen LogP contribution in [0.5, 0.6) is 0 Å². The molecule has 0 bridgehead atoms. The minimum absolute atomic E-state index is 0.00546. The average molecular weight is 304 g/mol. The molecular weight excluding hydrogens is 288 g/mol. The lowest BCUT2D eigenvalue weighted by Gasteiger charge is -2.03. The Hall–Kier alpha value is -2.90. The van der Waals surface area contributed by atoms with Gasteiger partial charge in [0.05, 0.1) is 0 Å². The van der Waals surface area contributed by atoms with E-state index in [1.165, 1.54) is 0 Å². The van der Waals surface area contributed by atoms with Crippen molar-refractivity contribution in [2.45, 2.75) is 13.3 Å². The third-order valence-corrected chi connectivity index (χ3v) is 2.91. The van der Waals surface area contributed by atoms with Crippen molar-refractivity contribution in [3.8, 4) is 0 Å². The van der Waals surface area contributed by atoms with E-state index in [4.69, 9.17) is 5.11 Å². The maximum Gasteiger partial charge on any atom is 0.322 e. The van der Waals surface area contributed by atoms with Crippen molar-refractivity contribution in [1.82, 2.24) is 20.0 Å². The van der Waals surface area contributed by atoms with Gasteiger partial charge in [-0.3, -0.25) is 14.4 Å². The molecule has 2 heterocycles. The van der Waals surface area contributed by atoms with Gasteiger partial charge in [-0.25, -0.2) is 4.98 Å². The van der Waals surface area contributed by atoms with E-state index >= 15 is 0 Å². The normalized spacial score (nSPS) is 10.4. The quantitative estimate of drug-likeness (QED) is 0.693. The van der Waals surface area contributed by atoms with Crippen molar-refractivity contribution in [1.29, 1.82) is 0 Å². The standard InChI is InChI=1S/C14H16N4O4/c1-9-2-3-11-17-10(8-18(11)7-9)14(22)15-5-4-12(19)16-6-13(20)21/h2-3,7-8H,4-6H2,1H3,(H,15,22)(H,16,19)(H,20,21). The summed E-state index contributed by atoms with van der Waals surface area (Å²) in [5.41, 5.74) is 1.97. The highest BCUT2D eigenvalue weighted by Gasteiger charge is 2.11. The highest BCUT2D eigenvalue weighted by atomic mass is 16.4. The summed E-state index contributed by atoms with van der Waals surface area (Å²) in [7, 11) is 0. The van der Waals surface area contributed by atoms with E-state index in [9.17, 15) is 14.4 Å². The molecule has 2 rings (SSSR count). The molecule has 0 aliphatic heterocycles. The van der Waals surface area contributed by atoms with Crippen molar-refractivity contribution in [2.75, 3.05) is 13.1 Å². The Balaban J connectivity index is 1.86. The van der Waals surface area contributed by atoms with Gasteiger partial charge in [0.25, 0.3) is 5.91 Å². The lowest BCUT2D eigenvalue weighted by Crippen LogP contribution is -2.33. The van der Waals surface area contributed by atoms with Gasteiger partial charge in [0.2, 0.25) is 5.91 Å². The van der Waals surface area contributed by atoms with Crippen LogP contribution in [0, 0.1) is 6.92 Å². The van der Waals surface area contributed by atoms with Gasteiger partial charge in [0, 0.05) is 25.4 Å². The number of carboxylic acid groups (broad SMARTS) is 1. The lowest BCUT2D eigenvalue weighted by molar-refractivity contribution is -0.137. The highest BCUT2D eigenvalue weighted by Crippen LogP contribution is 2.07. The van der Waals surface area contributed by atoms with Crippen LogP contribution in [0.1, 0.15) is 22.5 Å². The van der Waals surface area contributed by atoms with E-state index in [2.05, 4.69) is 15.6 Å². The van der Waals surface area contributed by atoms with E-state index in [-0.39, 0.29) is 24.6 Å². The number of hydrogen-bond donors (Lipinski definition) is 3. The Labute approximate surface area is 126 Å². The van der Waals surface area contributed by atoms with Crippen LogP contribution in [0.25, 0.3) is 5.65 Å². The number of nitrogens with one attached hydrogen (secondary N) is 2. The number of nitrogens with zero attached hydrogens (tertiary/aromatic N) is 2. The van der Waals surface area contributed by atoms with Gasteiger partial charge in [-0.1, -0.05) is 6.07 Å². The smallest absolute Gasteiger partial charge is 0.322 e. The van der Waals surface area contributed by atoms with Crippen molar-refractivity contribution in [2.24, 2.45) is 0 Å². The van der Waals surface area contributed by atoms with Crippen LogP contribution in [-0.2, 0) is 9.59 Å². The molecule has 0 atom stereocenters. The SMILES string of the molecule is Cc1ccc2nc(C(=O)NCCC(=O)NCC(=O)O)cn2c1. The fourth-order valence-electron chi connectivity index (χ4n) is 1.86. The minimum Gasteiger partial charge on any atom is -0.480 e. The number of amides is 2. The molecular formula is C14H16N4O4. The Kier molecular flexibility index (Phi) is 4.72. The number of hydrogen-bond acceptors (Lipinski definition) is 4. The number of carbonyl (C=O) groups excluding carboxylic acids is 2. The topological polar surface area (TPSA) is 113 Å². The van der Waals surface area contributed by atoms with Gasteiger partial charge >= 0.3 is 5.97 Å².